The molecule has 0 unspecified atom stereocenters. The van der Waals surface area contributed by atoms with Gasteiger partial charge >= 0.3 is 11.9 Å². The molecule has 2 aromatic carbocycles. The molecule has 188 valence electrons. The van der Waals surface area contributed by atoms with Crippen LogP contribution in [-0.2, 0) is 34.8 Å². The second-order valence-corrected chi connectivity index (χ2v) is 9.94. The van der Waals surface area contributed by atoms with E-state index in [-0.39, 0.29) is 18.4 Å². The molecule has 6 N–H and O–H groups in total. The molecule has 0 saturated carbocycles. The Hall–Kier alpha value is -3.77. The van der Waals surface area contributed by atoms with E-state index in [4.69, 9.17) is 10.8 Å². The molecule has 0 spiro atoms. The van der Waals surface area contributed by atoms with Crippen molar-refractivity contribution >= 4 is 33.6 Å². The smallest absolute Gasteiger partial charge is 0.330 e. The lowest BCUT2D eigenvalue weighted by Crippen LogP contribution is -2.52. The molecule has 0 bridgehead atoms. The molecule has 3 atom stereocenters. The second-order valence-electron chi connectivity index (χ2n) is 7.83. The van der Waals surface area contributed by atoms with E-state index in [9.17, 15) is 32.7 Å². The van der Waals surface area contributed by atoms with Gasteiger partial charge in [0.25, 0.3) is 0 Å². The number of hydrogen-bond donors (Lipinski definition) is 5. The second kappa shape index (κ2) is 12.6. The third-order valence-electron chi connectivity index (χ3n) is 4.97. The van der Waals surface area contributed by atoms with Crippen LogP contribution in [0, 0.1) is 0 Å². The predicted octanol–water partition coefficient (Wildman–Crippen LogP) is 0.220. The lowest BCUT2D eigenvalue weighted by Gasteiger charge is -2.22. The molecule has 2 aromatic rings. The van der Waals surface area contributed by atoms with Crippen molar-refractivity contribution in [3.63, 3.8) is 0 Å². The van der Waals surface area contributed by atoms with Crippen molar-refractivity contribution in [2.45, 2.75) is 36.7 Å². The van der Waals surface area contributed by atoms with Gasteiger partial charge in [-0.3, -0.25) is 14.4 Å². The van der Waals surface area contributed by atoms with Crippen LogP contribution in [0.3, 0.4) is 0 Å². The zero-order valence-corrected chi connectivity index (χ0v) is 19.5. The Balaban J connectivity index is 2.22. The number of nitrogens with one attached hydrogen (secondary N) is 2. The molecule has 12 heteroatoms. The van der Waals surface area contributed by atoms with Gasteiger partial charge in [0, 0.05) is 6.42 Å². The predicted molar refractivity (Wildman–Crippen MR) is 126 cm³/mol. The Morgan fingerprint density at radius 1 is 0.857 bits per heavy atom. The number of benzene rings is 2. The molecular weight excluding hydrogens is 478 g/mol. The Bertz CT molecular complexity index is 1140. The summed E-state index contributed by atoms with van der Waals surface area (Å²) in [7, 11) is -3.93. The fourth-order valence-electron chi connectivity index (χ4n) is 3.18. The summed E-state index contributed by atoms with van der Waals surface area (Å²) in [5.74, 6) is -5.72. The topological polar surface area (TPSA) is 193 Å². The lowest BCUT2D eigenvalue weighted by molar-refractivity contribution is -0.142. The van der Waals surface area contributed by atoms with Crippen LogP contribution < -0.4 is 16.4 Å². The average molecular weight is 506 g/mol. The standard InChI is InChI=1S/C23H27N3O8S/c24-17(22(29)30)11-12-19(27)25-18(14-35(33,34)13-15-7-3-1-4-8-15)21(28)26-20(23(31)32)16-9-5-2-6-10-16/h1-10,17-18,20H,11-14,24H2,(H,25,27)(H,26,28)(H,29,30)(H,31,32)/t17-,18-,20+/m0/s1. The van der Waals surface area contributed by atoms with Crippen LogP contribution in [0.2, 0.25) is 0 Å². The molecule has 2 rings (SSSR count). The number of rotatable bonds is 13. The third-order valence-corrected chi connectivity index (χ3v) is 6.58. The van der Waals surface area contributed by atoms with Crippen LogP contribution in [0.5, 0.6) is 0 Å². The highest BCUT2D eigenvalue weighted by Crippen LogP contribution is 2.14. The van der Waals surface area contributed by atoms with Gasteiger partial charge in [-0.25, -0.2) is 13.2 Å². The molecule has 35 heavy (non-hydrogen) atoms. The van der Waals surface area contributed by atoms with Gasteiger partial charge in [-0.15, -0.1) is 0 Å². The molecule has 2 amide bonds. The molecule has 0 radical (unpaired) electrons. The maximum absolute atomic E-state index is 13.0. The Labute approximate surface area is 202 Å². The van der Waals surface area contributed by atoms with Gasteiger partial charge in [-0.2, -0.15) is 0 Å². The first kappa shape index (κ1) is 27.5. The number of aliphatic carboxylic acids is 2. The normalized spacial score (nSPS) is 13.7. The van der Waals surface area contributed by atoms with Crippen LogP contribution in [0.1, 0.15) is 30.0 Å². The SMILES string of the molecule is N[C@@H](CCC(=O)N[C@@H](CS(=O)(=O)Cc1ccccc1)C(=O)N[C@@H](C(=O)O)c1ccccc1)C(=O)O. The Morgan fingerprint density at radius 3 is 1.97 bits per heavy atom. The van der Waals surface area contributed by atoms with Crippen LogP contribution >= 0.6 is 0 Å². The zero-order valence-electron chi connectivity index (χ0n) is 18.7. The van der Waals surface area contributed by atoms with Crippen molar-refractivity contribution in [1.29, 1.82) is 0 Å². The quantitative estimate of drug-likeness (QED) is 0.253. The highest BCUT2D eigenvalue weighted by molar-refractivity contribution is 7.90. The van der Waals surface area contributed by atoms with Gasteiger partial charge in [0.05, 0.1) is 11.5 Å². The molecule has 0 aliphatic heterocycles. The van der Waals surface area contributed by atoms with E-state index in [1.54, 1.807) is 48.5 Å². The number of carboxylic acids is 2. The van der Waals surface area contributed by atoms with E-state index in [1.807, 2.05) is 0 Å². The molecule has 0 fully saturated rings. The Morgan fingerprint density at radius 2 is 1.43 bits per heavy atom. The molecule has 11 nitrogen and oxygen atoms in total. The summed E-state index contributed by atoms with van der Waals surface area (Å²) in [6, 6.07) is 11.5. The lowest BCUT2D eigenvalue weighted by atomic mass is 10.1. The molecule has 0 heterocycles. The molecule has 0 aliphatic rings. The number of sulfone groups is 1. The van der Waals surface area contributed by atoms with Gasteiger partial charge < -0.3 is 26.6 Å². The number of hydrogen-bond acceptors (Lipinski definition) is 7. The first-order valence-electron chi connectivity index (χ1n) is 10.6. The fourth-order valence-corrected chi connectivity index (χ4v) is 4.74. The van der Waals surface area contributed by atoms with Crippen molar-refractivity contribution in [2.75, 3.05) is 5.75 Å². The minimum atomic E-state index is -3.93. The van der Waals surface area contributed by atoms with Crippen molar-refractivity contribution in [1.82, 2.24) is 10.6 Å². The summed E-state index contributed by atoms with van der Waals surface area (Å²) in [5, 5.41) is 23.0. The van der Waals surface area contributed by atoms with E-state index < -0.39 is 63.2 Å². The minimum absolute atomic E-state index is 0.242. The molecule has 0 aromatic heterocycles. The highest BCUT2D eigenvalue weighted by Gasteiger charge is 2.31. The van der Waals surface area contributed by atoms with Gasteiger partial charge in [0.1, 0.15) is 12.1 Å². The summed E-state index contributed by atoms with van der Waals surface area (Å²) in [6.45, 7) is 0. The third kappa shape index (κ3) is 9.18. The maximum Gasteiger partial charge on any atom is 0.330 e. The largest absolute Gasteiger partial charge is 0.480 e. The molecular formula is C23H27N3O8S. The van der Waals surface area contributed by atoms with E-state index >= 15 is 0 Å². The first-order valence-corrected chi connectivity index (χ1v) is 12.4. The molecule has 0 aliphatic carbocycles. The zero-order chi connectivity index (χ0) is 26.0. The number of amides is 2. The number of carbonyl (C=O) groups excluding carboxylic acids is 2. The monoisotopic (exact) mass is 505 g/mol. The van der Waals surface area contributed by atoms with Gasteiger partial charge in [-0.1, -0.05) is 60.7 Å². The van der Waals surface area contributed by atoms with Crippen LogP contribution in [0.25, 0.3) is 0 Å². The fraction of sp³-hybridized carbons (Fsp3) is 0.304. The van der Waals surface area contributed by atoms with Crippen LogP contribution in [0.15, 0.2) is 60.7 Å². The van der Waals surface area contributed by atoms with E-state index in [2.05, 4.69) is 10.6 Å². The summed E-state index contributed by atoms with van der Waals surface area (Å²) < 4.78 is 25.6. The van der Waals surface area contributed by atoms with Gasteiger partial charge in [-0.05, 0) is 17.5 Å². The van der Waals surface area contributed by atoms with Crippen LogP contribution in [-0.4, -0.2) is 60.2 Å². The summed E-state index contributed by atoms with van der Waals surface area (Å²) in [6.07, 6.45) is -0.620. The molecule has 0 saturated heterocycles. The van der Waals surface area contributed by atoms with Crippen molar-refractivity contribution in [3.05, 3.63) is 71.8 Å². The number of carboxylic acid groups (broad SMARTS) is 2. The number of carbonyl (C=O) groups is 4. The maximum atomic E-state index is 13.0. The summed E-state index contributed by atoms with van der Waals surface area (Å²) in [5.41, 5.74) is 6.11. The van der Waals surface area contributed by atoms with Crippen LogP contribution in [0.4, 0.5) is 0 Å². The van der Waals surface area contributed by atoms with E-state index in [0.29, 0.717) is 5.56 Å². The van der Waals surface area contributed by atoms with Crippen molar-refractivity contribution in [2.24, 2.45) is 5.73 Å². The van der Waals surface area contributed by atoms with Gasteiger partial charge in [0.15, 0.2) is 15.9 Å². The van der Waals surface area contributed by atoms with Crippen molar-refractivity contribution < 1.29 is 37.8 Å². The number of nitrogens with two attached hydrogens (primary N) is 1. The van der Waals surface area contributed by atoms with Gasteiger partial charge in [0.2, 0.25) is 11.8 Å². The average Bonchev–Trinajstić information content (AvgIpc) is 2.80. The Kier molecular flexibility index (Phi) is 9.91. The minimum Gasteiger partial charge on any atom is -0.480 e. The van der Waals surface area contributed by atoms with E-state index in [1.165, 1.54) is 12.1 Å². The van der Waals surface area contributed by atoms with E-state index in [0.717, 1.165) is 0 Å². The summed E-state index contributed by atoms with van der Waals surface area (Å²) in [4.78, 5) is 48.0. The highest BCUT2D eigenvalue weighted by atomic mass is 32.2. The van der Waals surface area contributed by atoms with Crippen molar-refractivity contribution in [3.8, 4) is 0 Å². The first-order chi connectivity index (χ1) is 16.5. The summed E-state index contributed by atoms with van der Waals surface area (Å²) >= 11 is 0.